The SMILES string of the molecule is C=N/C(C)=C\N(C)c1nccc2[nH]c(-c3n[nH]c4ccc(-c5cncc(OCCN6CCCC6)c5)cc34)nc12. The first kappa shape index (κ1) is 24.7. The van der Waals surface area contributed by atoms with E-state index < -0.39 is 0 Å². The van der Waals surface area contributed by atoms with Gasteiger partial charge in [0.2, 0.25) is 0 Å². The van der Waals surface area contributed by atoms with Crippen LogP contribution in [0.4, 0.5) is 5.82 Å². The van der Waals surface area contributed by atoms with Gasteiger partial charge >= 0.3 is 0 Å². The second-order valence-electron chi connectivity index (χ2n) is 9.79. The fourth-order valence-electron chi connectivity index (χ4n) is 5.00. The zero-order valence-electron chi connectivity index (χ0n) is 22.2. The van der Waals surface area contributed by atoms with E-state index in [4.69, 9.17) is 9.72 Å². The Labute approximate surface area is 226 Å². The lowest BCUT2D eigenvalue weighted by Gasteiger charge is -2.15. The molecule has 1 saturated heterocycles. The zero-order valence-corrected chi connectivity index (χ0v) is 22.2. The van der Waals surface area contributed by atoms with Crippen molar-refractivity contribution in [2.45, 2.75) is 19.8 Å². The van der Waals surface area contributed by atoms with Gasteiger partial charge < -0.3 is 14.6 Å². The molecular weight excluding hydrogens is 490 g/mol. The Bertz CT molecular complexity index is 1660. The van der Waals surface area contributed by atoms with Gasteiger partial charge in [-0.3, -0.25) is 20.0 Å². The van der Waals surface area contributed by atoms with Crippen LogP contribution in [0.3, 0.4) is 0 Å². The summed E-state index contributed by atoms with van der Waals surface area (Å²) < 4.78 is 6.03. The number of nitrogens with one attached hydrogen (secondary N) is 2. The normalized spacial score (nSPS) is 14.4. The van der Waals surface area contributed by atoms with Crippen LogP contribution in [0.2, 0.25) is 0 Å². The average Bonchev–Trinajstić information content (AvgIpc) is 3.72. The molecule has 1 aliphatic rings. The van der Waals surface area contributed by atoms with E-state index in [-0.39, 0.29) is 0 Å². The van der Waals surface area contributed by atoms with E-state index in [0.29, 0.717) is 18.2 Å². The molecule has 4 aromatic heterocycles. The van der Waals surface area contributed by atoms with Gasteiger partial charge in [-0.15, -0.1) is 0 Å². The van der Waals surface area contributed by atoms with Gasteiger partial charge in [0, 0.05) is 43.1 Å². The van der Waals surface area contributed by atoms with Gasteiger partial charge in [0.25, 0.3) is 0 Å². The first-order chi connectivity index (χ1) is 19.1. The van der Waals surface area contributed by atoms with Crippen LogP contribution in [0.15, 0.2) is 65.8 Å². The summed E-state index contributed by atoms with van der Waals surface area (Å²) in [6.45, 7) is 9.41. The van der Waals surface area contributed by atoms with Gasteiger partial charge in [0.05, 0.1) is 22.9 Å². The summed E-state index contributed by atoms with van der Waals surface area (Å²) in [6.07, 6.45) is 9.82. The molecule has 0 amide bonds. The van der Waals surface area contributed by atoms with E-state index in [1.165, 1.54) is 12.8 Å². The Balaban J connectivity index is 1.29. The fraction of sp³-hybridized carbons (Fsp3) is 0.276. The van der Waals surface area contributed by atoms with Crippen molar-refractivity contribution in [3.8, 4) is 28.4 Å². The molecular formula is C29H31N9O. The van der Waals surface area contributed by atoms with Crippen molar-refractivity contribution in [1.29, 1.82) is 0 Å². The lowest BCUT2D eigenvalue weighted by Crippen LogP contribution is -2.25. The van der Waals surface area contributed by atoms with Crippen molar-refractivity contribution < 1.29 is 4.74 Å². The highest BCUT2D eigenvalue weighted by Gasteiger charge is 2.17. The number of H-pyrrole nitrogens is 2. The summed E-state index contributed by atoms with van der Waals surface area (Å²) in [4.78, 5) is 25.6. The van der Waals surface area contributed by atoms with Crippen molar-refractivity contribution in [2.75, 3.05) is 38.2 Å². The molecule has 6 rings (SSSR count). The number of aromatic amines is 2. The molecule has 1 aromatic carbocycles. The van der Waals surface area contributed by atoms with Crippen molar-refractivity contribution in [1.82, 2.24) is 35.0 Å². The lowest BCUT2D eigenvalue weighted by molar-refractivity contribution is 0.237. The number of hydrogen-bond donors (Lipinski definition) is 2. The number of nitrogens with zero attached hydrogens (tertiary/aromatic N) is 7. The van der Waals surface area contributed by atoms with Crippen LogP contribution in [0, 0.1) is 0 Å². The van der Waals surface area contributed by atoms with Gasteiger partial charge in [0.15, 0.2) is 11.6 Å². The highest BCUT2D eigenvalue weighted by molar-refractivity contribution is 5.97. The average molecular weight is 522 g/mol. The molecule has 0 atom stereocenters. The first-order valence-electron chi connectivity index (χ1n) is 13.1. The molecule has 0 saturated carbocycles. The van der Waals surface area contributed by atoms with E-state index in [9.17, 15) is 0 Å². The van der Waals surface area contributed by atoms with E-state index >= 15 is 0 Å². The minimum Gasteiger partial charge on any atom is -0.491 e. The molecule has 39 heavy (non-hydrogen) atoms. The first-order valence-corrected chi connectivity index (χ1v) is 13.1. The number of benzene rings is 1. The number of fused-ring (bicyclic) bond motifs is 2. The molecule has 198 valence electrons. The van der Waals surface area contributed by atoms with Crippen LogP contribution in [0.1, 0.15) is 19.8 Å². The van der Waals surface area contributed by atoms with Crippen molar-refractivity contribution in [3.63, 3.8) is 0 Å². The second kappa shape index (κ2) is 10.7. The minimum absolute atomic E-state index is 0.660. The minimum atomic E-state index is 0.660. The summed E-state index contributed by atoms with van der Waals surface area (Å²) in [5.41, 5.74) is 6.08. The Hall–Kier alpha value is -4.57. The predicted molar refractivity (Wildman–Crippen MR) is 155 cm³/mol. The molecule has 0 radical (unpaired) electrons. The number of imidazole rings is 1. The third-order valence-corrected chi connectivity index (χ3v) is 7.05. The van der Waals surface area contributed by atoms with Crippen LogP contribution < -0.4 is 9.64 Å². The van der Waals surface area contributed by atoms with Crippen molar-refractivity contribution in [3.05, 3.63) is 60.8 Å². The standard InChI is InChI=1S/C29H31N9O/c1-19(30-2)18-37(3)29-27-25(8-9-32-29)33-28(34-27)26-23-15-20(6-7-24(23)35-36-26)21-14-22(17-31-16-21)39-13-12-38-10-4-5-11-38/h6-9,14-18H,2,4-5,10-13H2,1,3H3,(H,33,34)(H,35,36)/b19-18-. The van der Waals surface area contributed by atoms with Gasteiger partial charge in [-0.1, -0.05) is 6.07 Å². The number of likely N-dealkylation sites (tertiary alicyclic amines) is 1. The van der Waals surface area contributed by atoms with Crippen LogP contribution in [0.25, 0.3) is 44.6 Å². The van der Waals surface area contributed by atoms with Crippen molar-refractivity contribution in [2.24, 2.45) is 4.99 Å². The maximum absolute atomic E-state index is 6.03. The molecule has 5 heterocycles. The molecule has 10 heteroatoms. The number of pyridine rings is 2. The van der Waals surface area contributed by atoms with E-state index in [1.54, 1.807) is 12.4 Å². The molecule has 2 N–H and O–H groups in total. The number of rotatable bonds is 9. The molecule has 5 aromatic rings. The Kier molecular flexibility index (Phi) is 6.76. The number of aliphatic imine (C=N–C) groups is 1. The van der Waals surface area contributed by atoms with E-state index in [1.807, 2.05) is 49.5 Å². The van der Waals surface area contributed by atoms with Crippen LogP contribution in [-0.2, 0) is 0 Å². The smallest absolute Gasteiger partial charge is 0.160 e. The third kappa shape index (κ3) is 5.10. The number of allylic oxidation sites excluding steroid dienone is 1. The maximum atomic E-state index is 6.03. The van der Waals surface area contributed by atoms with E-state index in [0.717, 1.165) is 69.8 Å². The Morgan fingerprint density at radius 1 is 1.15 bits per heavy atom. The lowest BCUT2D eigenvalue weighted by atomic mass is 10.0. The zero-order chi connectivity index (χ0) is 26.8. The topological polar surface area (TPSA) is 111 Å². The van der Waals surface area contributed by atoms with Gasteiger partial charge in [-0.2, -0.15) is 5.10 Å². The Morgan fingerprint density at radius 2 is 2.03 bits per heavy atom. The molecule has 0 aliphatic carbocycles. The van der Waals surface area contributed by atoms with Gasteiger partial charge in [-0.05, 0) is 69.4 Å². The second-order valence-corrected chi connectivity index (χ2v) is 9.79. The summed E-state index contributed by atoms with van der Waals surface area (Å²) in [5.74, 6) is 2.15. The van der Waals surface area contributed by atoms with Gasteiger partial charge in [-0.25, -0.2) is 9.97 Å². The Morgan fingerprint density at radius 3 is 2.87 bits per heavy atom. The number of anilines is 1. The molecule has 0 spiro atoms. The maximum Gasteiger partial charge on any atom is 0.160 e. The van der Waals surface area contributed by atoms with Crippen molar-refractivity contribution >= 4 is 34.5 Å². The summed E-state index contributed by atoms with van der Waals surface area (Å²) in [5, 5.41) is 8.69. The fourth-order valence-corrected chi connectivity index (χ4v) is 5.00. The number of ether oxygens (including phenoxy) is 1. The summed E-state index contributed by atoms with van der Waals surface area (Å²) >= 11 is 0. The van der Waals surface area contributed by atoms with E-state index in [2.05, 4.69) is 53.9 Å². The monoisotopic (exact) mass is 521 g/mol. The molecule has 1 fully saturated rings. The quantitative estimate of drug-likeness (QED) is 0.262. The largest absolute Gasteiger partial charge is 0.491 e. The highest BCUT2D eigenvalue weighted by atomic mass is 16.5. The van der Waals surface area contributed by atoms with Crippen LogP contribution in [0.5, 0.6) is 5.75 Å². The molecule has 1 aliphatic heterocycles. The summed E-state index contributed by atoms with van der Waals surface area (Å²) in [6, 6.07) is 10.2. The van der Waals surface area contributed by atoms with Crippen LogP contribution in [-0.4, -0.2) is 75.0 Å². The predicted octanol–water partition coefficient (Wildman–Crippen LogP) is 5.04. The van der Waals surface area contributed by atoms with Crippen LogP contribution >= 0.6 is 0 Å². The highest BCUT2D eigenvalue weighted by Crippen LogP contribution is 2.32. The molecule has 0 unspecified atom stereocenters. The summed E-state index contributed by atoms with van der Waals surface area (Å²) in [7, 11) is 1.92. The van der Waals surface area contributed by atoms with Gasteiger partial charge in [0.1, 0.15) is 23.6 Å². The molecule has 0 bridgehead atoms. The number of hydrogen-bond acceptors (Lipinski definition) is 8. The molecule has 10 nitrogen and oxygen atoms in total. The number of aromatic nitrogens is 6. The third-order valence-electron chi connectivity index (χ3n) is 7.05.